The Hall–Kier alpha value is -2.27. The predicted molar refractivity (Wildman–Crippen MR) is 77.4 cm³/mol. The largest absolute Gasteiger partial charge is 0.477 e. The van der Waals surface area contributed by atoms with E-state index in [-0.39, 0.29) is 10.8 Å². The number of sulfone groups is 1. The van der Waals surface area contributed by atoms with Gasteiger partial charge in [-0.1, -0.05) is 18.2 Å². The maximum atomic E-state index is 12.1. The van der Waals surface area contributed by atoms with Crippen LogP contribution in [0.2, 0.25) is 0 Å². The minimum atomic E-state index is -3.43. The lowest BCUT2D eigenvalue weighted by molar-refractivity contribution is 0.377. The minimum absolute atomic E-state index is 0.265. The number of nitrogens with one attached hydrogen (secondary N) is 1. The van der Waals surface area contributed by atoms with E-state index in [1.165, 1.54) is 0 Å². The van der Waals surface area contributed by atoms with Gasteiger partial charge in [0, 0.05) is 17.8 Å². The number of benzene rings is 2. The van der Waals surface area contributed by atoms with Crippen molar-refractivity contribution in [3.63, 3.8) is 0 Å². The molecule has 4 nitrogen and oxygen atoms in total. The Balaban J connectivity index is 1.79. The average molecular weight is 287 g/mol. The van der Waals surface area contributed by atoms with Crippen molar-refractivity contribution in [3.05, 3.63) is 60.8 Å². The number of hydrogen-bond acceptors (Lipinski definition) is 3. The van der Waals surface area contributed by atoms with Crippen molar-refractivity contribution < 1.29 is 13.2 Å². The van der Waals surface area contributed by atoms with Gasteiger partial charge in [0.1, 0.15) is 5.75 Å². The fourth-order valence-electron chi connectivity index (χ4n) is 1.96. The van der Waals surface area contributed by atoms with Crippen LogP contribution in [-0.2, 0) is 9.84 Å². The van der Waals surface area contributed by atoms with Crippen LogP contribution in [-0.4, -0.2) is 19.3 Å². The summed E-state index contributed by atoms with van der Waals surface area (Å²) in [6.07, 6.45) is 1.83. The Morgan fingerprint density at radius 1 is 1.00 bits per heavy atom. The average Bonchev–Trinajstić information content (AvgIpc) is 2.94. The summed E-state index contributed by atoms with van der Waals surface area (Å²) < 4.78 is 29.6. The zero-order chi connectivity index (χ0) is 14.0. The summed E-state index contributed by atoms with van der Waals surface area (Å²) in [4.78, 5) is 3.32. The SMILES string of the molecule is O=S(=O)(COc1ccc2cc[nH]c2c1)c1ccccc1. The van der Waals surface area contributed by atoms with Gasteiger partial charge in [0.15, 0.2) is 5.94 Å². The van der Waals surface area contributed by atoms with Gasteiger partial charge in [-0.05, 0) is 35.7 Å². The predicted octanol–water partition coefficient (Wildman–Crippen LogP) is 2.98. The number of hydrogen-bond donors (Lipinski definition) is 1. The number of aromatic amines is 1. The van der Waals surface area contributed by atoms with Crippen molar-refractivity contribution in [3.8, 4) is 5.75 Å². The number of H-pyrrole nitrogens is 1. The lowest BCUT2D eigenvalue weighted by Crippen LogP contribution is -2.12. The zero-order valence-corrected chi connectivity index (χ0v) is 11.4. The van der Waals surface area contributed by atoms with Gasteiger partial charge < -0.3 is 9.72 Å². The van der Waals surface area contributed by atoms with E-state index in [1.807, 2.05) is 18.3 Å². The van der Waals surface area contributed by atoms with Crippen LogP contribution in [0.25, 0.3) is 10.9 Å². The normalized spacial score (nSPS) is 11.6. The van der Waals surface area contributed by atoms with Crippen LogP contribution in [0.5, 0.6) is 5.75 Å². The summed E-state index contributed by atoms with van der Waals surface area (Å²) in [7, 11) is -3.43. The molecule has 0 unspecified atom stereocenters. The first kappa shape index (κ1) is 12.7. The molecule has 5 heteroatoms. The van der Waals surface area contributed by atoms with E-state index >= 15 is 0 Å². The van der Waals surface area contributed by atoms with E-state index < -0.39 is 9.84 Å². The Kier molecular flexibility index (Phi) is 3.20. The Morgan fingerprint density at radius 3 is 2.60 bits per heavy atom. The summed E-state index contributed by atoms with van der Waals surface area (Å²) >= 11 is 0. The topological polar surface area (TPSA) is 59.2 Å². The van der Waals surface area contributed by atoms with Crippen LogP contribution in [0.3, 0.4) is 0 Å². The van der Waals surface area contributed by atoms with Crippen molar-refractivity contribution in [1.29, 1.82) is 0 Å². The molecule has 0 fully saturated rings. The van der Waals surface area contributed by atoms with Gasteiger partial charge in [-0.15, -0.1) is 0 Å². The molecule has 1 aromatic heterocycles. The second-order valence-corrected chi connectivity index (χ2v) is 6.35. The Bertz CT molecular complexity index is 822. The molecule has 1 heterocycles. The van der Waals surface area contributed by atoms with Gasteiger partial charge in [-0.25, -0.2) is 8.42 Å². The van der Waals surface area contributed by atoms with Crippen molar-refractivity contribution >= 4 is 20.7 Å². The van der Waals surface area contributed by atoms with Crippen LogP contribution in [0.1, 0.15) is 0 Å². The van der Waals surface area contributed by atoms with E-state index in [4.69, 9.17) is 4.74 Å². The van der Waals surface area contributed by atoms with Gasteiger partial charge in [0.05, 0.1) is 4.90 Å². The number of ether oxygens (including phenoxy) is 1. The van der Waals surface area contributed by atoms with E-state index in [0.717, 1.165) is 10.9 Å². The number of fused-ring (bicyclic) bond motifs is 1. The fourth-order valence-corrected chi connectivity index (χ4v) is 2.96. The molecule has 0 saturated heterocycles. The van der Waals surface area contributed by atoms with E-state index in [2.05, 4.69) is 4.98 Å². The lowest BCUT2D eigenvalue weighted by Gasteiger charge is -2.07. The molecule has 3 rings (SSSR count). The molecule has 1 N–H and O–H groups in total. The van der Waals surface area contributed by atoms with Crippen molar-refractivity contribution in [2.75, 3.05) is 5.94 Å². The highest BCUT2D eigenvalue weighted by Crippen LogP contribution is 2.20. The Labute approximate surface area is 116 Å². The first-order valence-electron chi connectivity index (χ1n) is 6.13. The molecule has 0 bridgehead atoms. The molecule has 0 spiro atoms. The molecule has 0 aliphatic carbocycles. The molecule has 0 aliphatic heterocycles. The summed E-state index contributed by atoms with van der Waals surface area (Å²) in [6.45, 7) is 0. The van der Waals surface area contributed by atoms with Gasteiger partial charge in [-0.3, -0.25) is 0 Å². The minimum Gasteiger partial charge on any atom is -0.477 e. The lowest BCUT2D eigenvalue weighted by atomic mass is 10.2. The molecular formula is C15H13NO3S. The standard InChI is InChI=1S/C15H13NO3S/c17-20(18,14-4-2-1-3-5-14)11-19-13-7-6-12-8-9-16-15(12)10-13/h1-10,16H,11H2. The first-order valence-corrected chi connectivity index (χ1v) is 7.78. The smallest absolute Gasteiger partial charge is 0.213 e. The van der Waals surface area contributed by atoms with Crippen molar-refractivity contribution in [2.45, 2.75) is 4.90 Å². The number of aromatic nitrogens is 1. The quantitative estimate of drug-likeness (QED) is 0.802. The third-order valence-corrected chi connectivity index (χ3v) is 4.43. The first-order chi connectivity index (χ1) is 9.65. The summed E-state index contributed by atoms with van der Waals surface area (Å²) in [6, 6.07) is 15.7. The summed E-state index contributed by atoms with van der Waals surface area (Å²) in [5.41, 5.74) is 0.916. The molecule has 2 aromatic carbocycles. The van der Waals surface area contributed by atoms with Crippen LogP contribution in [0, 0.1) is 0 Å². The fraction of sp³-hybridized carbons (Fsp3) is 0.0667. The van der Waals surface area contributed by atoms with Crippen LogP contribution < -0.4 is 4.74 Å². The highest BCUT2D eigenvalue weighted by atomic mass is 32.2. The van der Waals surface area contributed by atoms with Gasteiger partial charge in [0.25, 0.3) is 0 Å². The third-order valence-electron chi connectivity index (χ3n) is 3.01. The second kappa shape index (κ2) is 5.02. The van der Waals surface area contributed by atoms with Crippen molar-refractivity contribution in [1.82, 2.24) is 4.98 Å². The van der Waals surface area contributed by atoms with E-state index in [0.29, 0.717) is 5.75 Å². The third kappa shape index (κ3) is 2.53. The molecular weight excluding hydrogens is 274 g/mol. The molecule has 0 aliphatic rings. The van der Waals surface area contributed by atoms with Crippen LogP contribution >= 0.6 is 0 Å². The maximum Gasteiger partial charge on any atom is 0.213 e. The van der Waals surface area contributed by atoms with E-state index in [9.17, 15) is 8.42 Å². The molecule has 0 atom stereocenters. The zero-order valence-electron chi connectivity index (χ0n) is 10.6. The highest BCUT2D eigenvalue weighted by molar-refractivity contribution is 7.91. The summed E-state index contributed by atoms with van der Waals surface area (Å²) in [5.74, 6) is 0.155. The molecule has 0 saturated carbocycles. The van der Waals surface area contributed by atoms with Crippen LogP contribution in [0.4, 0.5) is 0 Å². The summed E-state index contributed by atoms with van der Waals surface area (Å²) in [5, 5.41) is 1.06. The van der Waals surface area contributed by atoms with Gasteiger partial charge in [-0.2, -0.15) is 0 Å². The molecule has 0 amide bonds. The number of rotatable bonds is 4. The molecule has 0 radical (unpaired) electrons. The second-order valence-electron chi connectivity index (χ2n) is 4.42. The monoisotopic (exact) mass is 287 g/mol. The Morgan fingerprint density at radius 2 is 1.80 bits per heavy atom. The van der Waals surface area contributed by atoms with E-state index in [1.54, 1.807) is 42.5 Å². The van der Waals surface area contributed by atoms with Crippen LogP contribution in [0.15, 0.2) is 65.7 Å². The van der Waals surface area contributed by atoms with Gasteiger partial charge >= 0.3 is 0 Å². The molecule has 20 heavy (non-hydrogen) atoms. The molecule has 3 aromatic rings. The maximum absolute atomic E-state index is 12.1. The molecule has 102 valence electrons. The van der Waals surface area contributed by atoms with Gasteiger partial charge in [0.2, 0.25) is 9.84 Å². The van der Waals surface area contributed by atoms with Crippen molar-refractivity contribution in [2.24, 2.45) is 0 Å². The highest BCUT2D eigenvalue weighted by Gasteiger charge is 2.14.